The van der Waals surface area contributed by atoms with Gasteiger partial charge in [-0.3, -0.25) is 0 Å². The van der Waals surface area contributed by atoms with Crippen LogP contribution >= 0.6 is 0 Å². The van der Waals surface area contributed by atoms with Crippen LogP contribution in [0.4, 0.5) is 32.0 Å². The molecule has 1 aliphatic carbocycles. The minimum atomic E-state index is -4.60. The number of hydrogen-bond acceptors (Lipinski definition) is 4. The second-order valence-electron chi connectivity index (χ2n) is 7.75. The summed E-state index contributed by atoms with van der Waals surface area (Å²) in [6.07, 6.45) is 1.68. The Kier molecular flexibility index (Phi) is 8.29. The molecule has 0 aliphatic heterocycles. The van der Waals surface area contributed by atoms with Crippen LogP contribution in [0.1, 0.15) is 36.0 Å². The average molecular weight is 508 g/mol. The predicted molar refractivity (Wildman–Crippen MR) is 124 cm³/mol. The van der Waals surface area contributed by atoms with Gasteiger partial charge >= 0.3 is 6.18 Å². The number of alkyl halides is 3. The van der Waals surface area contributed by atoms with Gasteiger partial charge in [0.2, 0.25) is 17.4 Å². The molecule has 1 aromatic heterocycles. The molecule has 36 heavy (non-hydrogen) atoms. The molecule has 0 radical (unpaired) electrons. The zero-order valence-electron chi connectivity index (χ0n) is 19.1. The number of rotatable bonds is 5. The second-order valence-corrected chi connectivity index (χ2v) is 7.75. The monoisotopic (exact) mass is 508 g/mol. The number of allylic oxidation sites excluding steroid dienone is 2. The molecule has 190 valence electrons. The fraction of sp³-hybridized carbons (Fsp3) is 0.192. The fourth-order valence-corrected chi connectivity index (χ4v) is 3.36. The third kappa shape index (κ3) is 6.59. The van der Waals surface area contributed by atoms with Gasteiger partial charge in [0.15, 0.2) is 11.6 Å². The first-order valence-electron chi connectivity index (χ1n) is 10.7. The van der Waals surface area contributed by atoms with Gasteiger partial charge in [-0.2, -0.15) is 17.6 Å². The third-order valence-corrected chi connectivity index (χ3v) is 5.21. The Hall–Kier alpha value is -3.95. The van der Waals surface area contributed by atoms with E-state index in [2.05, 4.69) is 28.4 Å². The lowest BCUT2D eigenvalue weighted by atomic mass is 10.0. The Bertz CT molecular complexity index is 1270. The number of ether oxygens (including phenoxy) is 2. The molecule has 1 heterocycles. The molecule has 4 rings (SSSR count). The molecule has 0 saturated carbocycles. The molecule has 1 aliphatic rings. The SMILES string of the molecule is C=C(OC)c1cc(N)cc(C2=CCCC2)c1.Fc1ccc(F)c(Oc2ccc(C(F)(F)F)cn2)c1F. The van der Waals surface area contributed by atoms with Gasteiger partial charge in [0.25, 0.3) is 0 Å². The molecule has 0 saturated heterocycles. The van der Waals surface area contributed by atoms with Gasteiger partial charge < -0.3 is 15.2 Å². The Morgan fingerprint density at radius 2 is 1.75 bits per heavy atom. The summed E-state index contributed by atoms with van der Waals surface area (Å²) in [7, 11) is 1.63. The summed E-state index contributed by atoms with van der Waals surface area (Å²) in [6.45, 7) is 3.86. The number of pyridine rings is 1. The van der Waals surface area contributed by atoms with Crippen LogP contribution in [0, 0.1) is 17.5 Å². The van der Waals surface area contributed by atoms with Crippen LogP contribution in [0.3, 0.4) is 0 Å². The second kappa shape index (κ2) is 11.2. The van der Waals surface area contributed by atoms with Crippen molar-refractivity contribution in [3.05, 3.63) is 95.5 Å². The minimum Gasteiger partial charge on any atom is -0.497 e. The highest BCUT2D eigenvalue weighted by Gasteiger charge is 2.31. The van der Waals surface area contributed by atoms with E-state index in [1.807, 2.05) is 12.1 Å². The maximum absolute atomic E-state index is 13.3. The largest absolute Gasteiger partial charge is 0.497 e. The topological polar surface area (TPSA) is 57.4 Å². The first-order valence-corrected chi connectivity index (χ1v) is 10.7. The van der Waals surface area contributed by atoms with Crippen molar-refractivity contribution in [2.45, 2.75) is 25.4 Å². The van der Waals surface area contributed by atoms with Crippen LogP contribution in [0.5, 0.6) is 11.6 Å². The van der Waals surface area contributed by atoms with Gasteiger partial charge in [0.1, 0.15) is 5.76 Å². The van der Waals surface area contributed by atoms with E-state index in [9.17, 15) is 26.3 Å². The maximum Gasteiger partial charge on any atom is 0.417 e. The van der Waals surface area contributed by atoms with E-state index >= 15 is 0 Å². The Morgan fingerprint density at radius 3 is 2.33 bits per heavy atom. The van der Waals surface area contributed by atoms with Crippen molar-refractivity contribution in [3.63, 3.8) is 0 Å². The van der Waals surface area contributed by atoms with Crippen LogP contribution in [0.2, 0.25) is 0 Å². The van der Waals surface area contributed by atoms with E-state index < -0.39 is 40.8 Å². The Balaban J connectivity index is 0.000000205. The highest BCUT2D eigenvalue weighted by atomic mass is 19.4. The summed E-state index contributed by atoms with van der Waals surface area (Å²) in [5.74, 6) is -5.06. The fourth-order valence-electron chi connectivity index (χ4n) is 3.36. The van der Waals surface area contributed by atoms with Crippen LogP contribution in [-0.4, -0.2) is 12.1 Å². The number of anilines is 1. The van der Waals surface area contributed by atoms with Crippen LogP contribution in [0.15, 0.2) is 61.3 Å². The molecule has 0 amide bonds. The number of nitrogens with zero attached hydrogens (tertiary/aromatic N) is 1. The number of halogens is 6. The number of nitrogen functional groups attached to an aromatic ring is 1. The highest BCUT2D eigenvalue weighted by Crippen LogP contribution is 2.32. The molecule has 0 bridgehead atoms. The van der Waals surface area contributed by atoms with E-state index in [-0.39, 0.29) is 0 Å². The number of benzene rings is 2. The van der Waals surface area contributed by atoms with Crippen molar-refractivity contribution in [1.82, 2.24) is 4.98 Å². The van der Waals surface area contributed by atoms with Crippen molar-refractivity contribution in [1.29, 1.82) is 0 Å². The Labute approximate surface area is 203 Å². The molecule has 4 nitrogen and oxygen atoms in total. The molecule has 10 heteroatoms. The summed E-state index contributed by atoms with van der Waals surface area (Å²) in [5.41, 5.74) is 9.16. The van der Waals surface area contributed by atoms with Crippen molar-refractivity contribution in [2.75, 3.05) is 12.8 Å². The molecule has 0 spiro atoms. The zero-order valence-corrected chi connectivity index (χ0v) is 19.1. The number of methoxy groups -OCH3 is 1. The van der Waals surface area contributed by atoms with Crippen molar-refractivity contribution in [3.8, 4) is 11.6 Å². The van der Waals surface area contributed by atoms with E-state index in [0.717, 1.165) is 23.7 Å². The molecular formula is C26H22F6N2O2. The number of aromatic nitrogens is 1. The third-order valence-electron chi connectivity index (χ3n) is 5.21. The van der Waals surface area contributed by atoms with Gasteiger partial charge in [-0.1, -0.05) is 12.7 Å². The van der Waals surface area contributed by atoms with Crippen LogP contribution in [0.25, 0.3) is 11.3 Å². The first kappa shape index (κ1) is 26.7. The molecule has 0 atom stereocenters. The lowest BCUT2D eigenvalue weighted by Gasteiger charge is -2.09. The minimum absolute atomic E-state index is 0.435. The molecule has 0 unspecified atom stereocenters. The standard InChI is InChI=1S/C14H17NO.C12H5F6NO/c1-10(16-2)12-7-13(9-14(15)8-12)11-5-3-4-6-11;13-7-2-3-8(14)11(10(7)15)20-9-4-1-6(5-19-9)12(16,17)18/h5,7-9H,1,3-4,6,15H2,2H3;1-5H. The normalized spacial score (nSPS) is 12.9. The maximum atomic E-state index is 13.3. The van der Waals surface area contributed by atoms with E-state index in [1.54, 1.807) is 7.11 Å². The first-order chi connectivity index (χ1) is 17.0. The smallest absolute Gasteiger partial charge is 0.417 e. The summed E-state index contributed by atoms with van der Waals surface area (Å²) >= 11 is 0. The van der Waals surface area contributed by atoms with Crippen molar-refractivity contribution < 1.29 is 35.8 Å². The van der Waals surface area contributed by atoms with Gasteiger partial charge in [0, 0.05) is 23.5 Å². The lowest BCUT2D eigenvalue weighted by Crippen LogP contribution is -2.05. The lowest BCUT2D eigenvalue weighted by molar-refractivity contribution is -0.137. The van der Waals surface area contributed by atoms with Crippen molar-refractivity contribution in [2.24, 2.45) is 0 Å². The van der Waals surface area contributed by atoms with Crippen LogP contribution < -0.4 is 10.5 Å². The number of hydrogen-bond donors (Lipinski definition) is 1. The summed E-state index contributed by atoms with van der Waals surface area (Å²) in [5, 5.41) is 0. The molecule has 2 N–H and O–H groups in total. The average Bonchev–Trinajstić information content (AvgIpc) is 3.39. The summed E-state index contributed by atoms with van der Waals surface area (Å²) < 4.78 is 86.0. The van der Waals surface area contributed by atoms with E-state index in [0.29, 0.717) is 30.2 Å². The highest BCUT2D eigenvalue weighted by molar-refractivity contribution is 5.74. The Morgan fingerprint density at radius 1 is 1.03 bits per heavy atom. The quantitative estimate of drug-likeness (QED) is 0.166. The predicted octanol–water partition coefficient (Wildman–Crippen LogP) is 7.76. The molecule has 2 aromatic carbocycles. The zero-order chi connectivity index (χ0) is 26.5. The van der Waals surface area contributed by atoms with Crippen molar-refractivity contribution >= 4 is 17.0 Å². The molecular weight excluding hydrogens is 486 g/mol. The van der Waals surface area contributed by atoms with E-state index in [4.69, 9.17) is 10.5 Å². The summed E-state index contributed by atoms with van der Waals surface area (Å²) in [4.78, 5) is 3.25. The van der Waals surface area contributed by atoms with Gasteiger partial charge in [-0.05, 0) is 66.8 Å². The summed E-state index contributed by atoms with van der Waals surface area (Å²) in [6, 6.07) is 8.58. The van der Waals surface area contributed by atoms with E-state index in [1.165, 1.54) is 24.0 Å². The van der Waals surface area contributed by atoms with Gasteiger partial charge in [-0.15, -0.1) is 0 Å². The van der Waals surface area contributed by atoms with Gasteiger partial charge in [0.05, 0.1) is 12.7 Å². The van der Waals surface area contributed by atoms with Crippen LogP contribution in [-0.2, 0) is 10.9 Å². The number of nitrogens with two attached hydrogens (primary N) is 1. The molecule has 3 aromatic rings. The van der Waals surface area contributed by atoms with Gasteiger partial charge in [-0.25, -0.2) is 13.8 Å². The molecule has 0 fully saturated rings.